The van der Waals surface area contributed by atoms with Gasteiger partial charge in [-0.15, -0.1) is 0 Å². The Bertz CT molecular complexity index is 1010. The summed E-state index contributed by atoms with van der Waals surface area (Å²) in [5.41, 5.74) is 4.66. The molecule has 2 aromatic rings. The van der Waals surface area contributed by atoms with Gasteiger partial charge in [0.05, 0.1) is 5.92 Å². The van der Waals surface area contributed by atoms with Gasteiger partial charge in [0, 0.05) is 24.9 Å². The summed E-state index contributed by atoms with van der Waals surface area (Å²) in [7, 11) is 0. The molecule has 180 valence electrons. The second kappa shape index (κ2) is 10.7. The van der Waals surface area contributed by atoms with Crippen molar-refractivity contribution in [1.29, 1.82) is 0 Å². The predicted molar refractivity (Wildman–Crippen MR) is 128 cm³/mol. The zero-order chi connectivity index (χ0) is 24.1. The lowest BCUT2D eigenvalue weighted by Gasteiger charge is -2.31. The van der Waals surface area contributed by atoms with Crippen LogP contribution >= 0.6 is 0 Å². The van der Waals surface area contributed by atoms with Crippen molar-refractivity contribution in [3.05, 3.63) is 59.7 Å². The number of alkyl carbamates (subject to hydrolysis) is 1. The van der Waals surface area contributed by atoms with Crippen molar-refractivity contribution < 1.29 is 24.2 Å². The number of hydrogen-bond acceptors (Lipinski definition) is 4. The van der Waals surface area contributed by atoms with Crippen LogP contribution in [0.5, 0.6) is 0 Å². The molecule has 4 rings (SSSR count). The lowest BCUT2D eigenvalue weighted by molar-refractivity contribution is -0.138. The number of ether oxygens (including phenoxy) is 1. The Balaban J connectivity index is 1.34. The number of nitrogens with one attached hydrogen (secondary N) is 2. The number of carbonyl (C=O) groups excluding carboxylic acids is 2. The molecule has 3 atom stereocenters. The van der Waals surface area contributed by atoms with Gasteiger partial charge in [0.1, 0.15) is 6.61 Å². The van der Waals surface area contributed by atoms with Gasteiger partial charge in [0.25, 0.3) is 0 Å². The molecule has 0 spiro atoms. The molecule has 3 N–H and O–H groups in total. The van der Waals surface area contributed by atoms with Gasteiger partial charge in [-0.25, -0.2) is 4.79 Å². The summed E-state index contributed by atoms with van der Waals surface area (Å²) < 4.78 is 5.67. The summed E-state index contributed by atoms with van der Waals surface area (Å²) in [6.45, 7) is 2.33. The van der Waals surface area contributed by atoms with E-state index in [0.29, 0.717) is 19.4 Å². The number of fused-ring (bicyclic) bond motifs is 3. The molecule has 0 aromatic heterocycles. The molecule has 2 aliphatic carbocycles. The van der Waals surface area contributed by atoms with Crippen molar-refractivity contribution in [3.8, 4) is 11.1 Å². The van der Waals surface area contributed by atoms with Gasteiger partial charge in [0.15, 0.2) is 0 Å². The summed E-state index contributed by atoms with van der Waals surface area (Å²) >= 11 is 0. The van der Waals surface area contributed by atoms with Gasteiger partial charge in [0.2, 0.25) is 5.91 Å². The number of rotatable bonds is 8. The van der Waals surface area contributed by atoms with Crippen LogP contribution in [-0.2, 0) is 14.3 Å². The molecular weight excluding hydrogens is 432 g/mol. The molecule has 0 radical (unpaired) electrons. The van der Waals surface area contributed by atoms with Crippen LogP contribution in [0.25, 0.3) is 11.1 Å². The fourth-order valence-corrected chi connectivity index (χ4v) is 5.19. The third kappa shape index (κ3) is 5.41. The SMILES string of the molecule is CC(CNC(=O)[C@H]1CCCC[C@H]1NC(=O)OCC1c2ccccc2-c2ccccc21)CC(=O)O. The number of carbonyl (C=O) groups is 3. The minimum atomic E-state index is -0.880. The first-order valence-corrected chi connectivity index (χ1v) is 12.0. The number of hydrogen-bond donors (Lipinski definition) is 3. The quantitative estimate of drug-likeness (QED) is 0.540. The minimum absolute atomic E-state index is 0.00632. The van der Waals surface area contributed by atoms with Crippen LogP contribution in [0, 0.1) is 11.8 Å². The monoisotopic (exact) mass is 464 g/mol. The van der Waals surface area contributed by atoms with E-state index in [0.717, 1.165) is 24.0 Å². The summed E-state index contributed by atoms with van der Waals surface area (Å²) in [4.78, 5) is 36.3. The molecule has 2 aliphatic rings. The van der Waals surface area contributed by atoms with Gasteiger partial charge >= 0.3 is 12.1 Å². The van der Waals surface area contributed by atoms with Gasteiger partial charge in [-0.1, -0.05) is 68.3 Å². The fraction of sp³-hybridized carbons (Fsp3) is 0.444. The van der Waals surface area contributed by atoms with E-state index in [9.17, 15) is 14.4 Å². The summed E-state index contributed by atoms with van der Waals surface area (Å²) in [6, 6.07) is 16.1. The van der Waals surface area contributed by atoms with Crippen molar-refractivity contribution in [2.75, 3.05) is 13.2 Å². The molecule has 1 saturated carbocycles. The maximum atomic E-state index is 12.8. The van der Waals surface area contributed by atoms with E-state index in [-0.39, 0.29) is 42.7 Å². The van der Waals surface area contributed by atoms with E-state index in [1.54, 1.807) is 6.92 Å². The third-order valence-corrected chi connectivity index (χ3v) is 6.90. The standard InChI is InChI=1S/C27H32N2O5/c1-17(14-25(30)31)15-28-26(32)22-12-6-7-13-24(22)29-27(33)34-16-23-20-10-4-2-8-18(20)19-9-3-5-11-21(19)23/h2-5,8-11,17,22-24H,6-7,12-16H2,1H3,(H,28,32)(H,29,33)(H,30,31)/t17?,22-,24+/m0/s1. The molecule has 7 heteroatoms. The van der Waals surface area contributed by atoms with Crippen molar-refractivity contribution in [3.63, 3.8) is 0 Å². The normalized spacial score (nSPS) is 20.0. The Labute approximate surface area is 199 Å². The largest absolute Gasteiger partial charge is 0.481 e. The molecule has 2 amide bonds. The molecule has 0 heterocycles. The summed E-state index contributed by atoms with van der Waals surface area (Å²) in [6.07, 6.45) is 2.76. The zero-order valence-corrected chi connectivity index (χ0v) is 19.5. The molecule has 1 unspecified atom stereocenters. The van der Waals surface area contributed by atoms with Crippen molar-refractivity contribution in [2.24, 2.45) is 11.8 Å². The van der Waals surface area contributed by atoms with Crippen LogP contribution in [-0.4, -0.2) is 42.3 Å². The van der Waals surface area contributed by atoms with Crippen LogP contribution in [0.15, 0.2) is 48.5 Å². The number of benzene rings is 2. The van der Waals surface area contributed by atoms with E-state index in [4.69, 9.17) is 9.84 Å². The smallest absolute Gasteiger partial charge is 0.407 e. The Morgan fingerprint density at radius 3 is 2.26 bits per heavy atom. The third-order valence-electron chi connectivity index (χ3n) is 6.90. The molecular formula is C27H32N2O5. The van der Waals surface area contributed by atoms with E-state index < -0.39 is 12.1 Å². The second-order valence-electron chi connectivity index (χ2n) is 9.42. The topological polar surface area (TPSA) is 105 Å². The number of amides is 2. The highest BCUT2D eigenvalue weighted by atomic mass is 16.5. The molecule has 1 fully saturated rings. The average Bonchev–Trinajstić information content (AvgIpc) is 3.15. The summed E-state index contributed by atoms with van der Waals surface area (Å²) in [5, 5.41) is 14.7. The lowest BCUT2D eigenvalue weighted by atomic mass is 9.84. The Hall–Kier alpha value is -3.35. The maximum Gasteiger partial charge on any atom is 0.407 e. The molecule has 0 saturated heterocycles. The highest BCUT2D eigenvalue weighted by Gasteiger charge is 2.33. The van der Waals surface area contributed by atoms with Crippen LogP contribution in [0.1, 0.15) is 56.1 Å². The Morgan fingerprint density at radius 1 is 1.00 bits per heavy atom. The molecule has 7 nitrogen and oxygen atoms in total. The van der Waals surface area contributed by atoms with Crippen molar-refractivity contribution in [2.45, 2.75) is 51.0 Å². The number of carboxylic acid groups (broad SMARTS) is 1. The van der Waals surface area contributed by atoms with Crippen LogP contribution in [0.4, 0.5) is 4.79 Å². The highest BCUT2D eigenvalue weighted by molar-refractivity contribution is 5.81. The van der Waals surface area contributed by atoms with Gasteiger partial charge in [-0.3, -0.25) is 9.59 Å². The zero-order valence-electron chi connectivity index (χ0n) is 19.5. The Kier molecular flexibility index (Phi) is 7.50. The molecule has 2 aromatic carbocycles. The first kappa shape index (κ1) is 23.8. The highest BCUT2D eigenvalue weighted by Crippen LogP contribution is 2.44. The van der Waals surface area contributed by atoms with Crippen LogP contribution in [0.3, 0.4) is 0 Å². The fourth-order valence-electron chi connectivity index (χ4n) is 5.19. The number of aliphatic carboxylic acids is 1. The van der Waals surface area contributed by atoms with Crippen LogP contribution < -0.4 is 10.6 Å². The lowest BCUT2D eigenvalue weighted by Crippen LogP contribution is -2.49. The Morgan fingerprint density at radius 2 is 1.62 bits per heavy atom. The average molecular weight is 465 g/mol. The first-order chi connectivity index (χ1) is 16.4. The molecule has 0 aliphatic heterocycles. The van der Waals surface area contributed by atoms with E-state index in [1.165, 1.54) is 11.1 Å². The van der Waals surface area contributed by atoms with Crippen molar-refractivity contribution >= 4 is 18.0 Å². The van der Waals surface area contributed by atoms with Gasteiger partial charge < -0.3 is 20.5 Å². The minimum Gasteiger partial charge on any atom is -0.481 e. The number of carboxylic acids is 1. The van der Waals surface area contributed by atoms with Crippen molar-refractivity contribution in [1.82, 2.24) is 10.6 Å². The second-order valence-corrected chi connectivity index (χ2v) is 9.42. The molecule has 0 bridgehead atoms. The van der Waals surface area contributed by atoms with Gasteiger partial charge in [-0.2, -0.15) is 0 Å². The molecule has 34 heavy (non-hydrogen) atoms. The van der Waals surface area contributed by atoms with E-state index in [1.807, 2.05) is 24.3 Å². The van der Waals surface area contributed by atoms with E-state index >= 15 is 0 Å². The first-order valence-electron chi connectivity index (χ1n) is 12.0. The summed E-state index contributed by atoms with van der Waals surface area (Å²) in [5.74, 6) is -1.53. The predicted octanol–water partition coefficient (Wildman–Crippen LogP) is 4.31. The van der Waals surface area contributed by atoms with Gasteiger partial charge in [-0.05, 0) is 41.0 Å². The van der Waals surface area contributed by atoms with Crippen LogP contribution in [0.2, 0.25) is 0 Å². The van der Waals surface area contributed by atoms with E-state index in [2.05, 4.69) is 34.9 Å². The maximum absolute atomic E-state index is 12.8.